The molecule has 0 aliphatic rings. The molecule has 0 aromatic heterocycles. The quantitative estimate of drug-likeness (QED) is 0.498. The van der Waals surface area contributed by atoms with Gasteiger partial charge in [-0.2, -0.15) is 0 Å². The summed E-state index contributed by atoms with van der Waals surface area (Å²) in [6.07, 6.45) is 0.535. The second-order valence-electron chi connectivity index (χ2n) is 2.45. The Morgan fingerprint density at radius 1 is 1.58 bits per heavy atom. The van der Waals surface area contributed by atoms with Gasteiger partial charge in [0.2, 0.25) is 0 Å². The second kappa shape index (κ2) is 8.45. The number of aliphatic hydroxyl groups excluding tert-OH is 1. The van der Waals surface area contributed by atoms with Gasteiger partial charge in [0, 0.05) is 0 Å². The van der Waals surface area contributed by atoms with Gasteiger partial charge in [-0.3, -0.25) is 9.69 Å². The van der Waals surface area contributed by atoms with Gasteiger partial charge in [-0.25, -0.2) is 0 Å². The van der Waals surface area contributed by atoms with Crippen LogP contribution in [0.2, 0.25) is 0 Å². The highest BCUT2D eigenvalue weighted by Crippen LogP contribution is 1.90. The van der Waals surface area contributed by atoms with Gasteiger partial charge in [-0.15, -0.1) is 0 Å². The van der Waals surface area contributed by atoms with Gasteiger partial charge in [0.05, 0.1) is 6.54 Å². The summed E-state index contributed by atoms with van der Waals surface area (Å²) in [7, 11) is 3.71. The van der Waals surface area contributed by atoms with E-state index in [2.05, 4.69) is 5.73 Å². The molecule has 5 heteroatoms. The molecule has 0 saturated carbocycles. The number of carboxylic acid groups (broad SMARTS) is 1. The van der Waals surface area contributed by atoms with Crippen LogP contribution in [0.1, 0.15) is 13.3 Å². The fourth-order valence-electron chi connectivity index (χ4n) is 0.365. The van der Waals surface area contributed by atoms with Gasteiger partial charge in [-0.05, 0) is 20.5 Å². The molecule has 0 radical (unpaired) electrons. The molecule has 1 atom stereocenters. The minimum absolute atomic E-state index is 0.264. The van der Waals surface area contributed by atoms with Crippen molar-refractivity contribution in [3.05, 3.63) is 0 Å². The van der Waals surface area contributed by atoms with E-state index in [1.165, 1.54) is 0 Å². The lowest BCUT2D eigenvalue weighted by Crippen LogP contribution is -2.26. The maximum Gasteiger partial charge on any atom is 0.317 e. The maximum atomic E-state index is 9.24. The van der Waals surface area contributed by atoms with Crippen molar-refractivity contribution in [2.45, 2.75) is 19.6 Å². The Morgan fingerprint density at radius 2 is 1.92 bits per heavy atom. The summed E-state index contributed by atoms with van der Waals surface area (Å²) in [5.74, 6) is -0.968. The number of hydrogen-bond donors (Lipinski definition) is 3. The van der Waals surface area contributed by atoms with Gasteiger partial charge in [-0.1, -0.05) is 6.92 Å². The van der Waals surface area contributed by atoms with Gasteiger partial charge < -0.3 is 15.9 Å². The summed E-state index contributed by atoms with van der Waals surface area (Å²) in [4.78, 5) is 11.0. The summed E-state index contributed by atoms with van der Waals surface area (Å²) in [5.41, 5.74) is 4.57. The van der Waals surface area contributed by atoms with Crippen LogP contribution in [-0.2, 0) is 4.79 Å². The van der Waals surface area contributed by atoms with E-state index in [9.17, 15) is 4.79 Å². The molecule has 0 bridgehead atoms. The molecule has 0 aliphatic carbocycles. The molecule has 74 valence electrons. The molecule has 0 aromatic rings. The largest absolute Gasteiger partial charge is 0.480 e. The topological polar surface area (TPSA) is 86.8 Å². The van der Waals surface area contributed by atoms with Crippen molar-refractivity contribution >= 4 is 5.97 Å². The molecule has 0 amide bonds. The Morgan fingerprint density at radius 3 is 1.92 bits per heavy atom. The van der Waals surface area contributed by atoms with Gasteiger partial charge in [0.25, 0.3) is 0 Å². The standard InChI is InChI=1S/C5H13NO.C2H5NO2/c1-4-5(7)6(2)3;3-1-2(4)5/h5,7H,4H2,1-3H3;1,3H2,(H,4,5). The van der Waals surface area contributed by atoms with Crippen LogP contribution in [-0.4, -0.2) is 48.0 Å². The van der Waals surface area contributed by atoms with Crippen LogP contribution in [0, 0.1) is 0 Å². The normalized spacial score (nSPS) is 11.8. The molecule has 4 N–H and O–H groups in total. The van der Waals surface area contributed by atoms with Crippen molar-refractivity contribution in [3.8, 4) is 0 Å². The molecular formula is C7H18N2O3. The smallest absolute Gasteiger partial charge is 0.317 e. The first kappa shape index (κ1) is 13.9. The third-order valence-electron chi connectivity index (χ3n) is 1.14. The number of nitrogens with two attached hydrogens (primary N) is 1. The van der Waals surface area contributed by atoms with Gasteiger partial charge in [0.1, 0.15) is 6.23 Å². The number of carbonyl (C=O) groups is 1. The number of aliphatic hydroxyl groups is 1. The molecule has 0 spiro atoms. The fraction of sp³-hybridized carbons (Fsp3) is 0.857. The SMILES string of the molecule is CCC(O)N(C)C.NCC(=O)O. The summed E-state index contributed by atoms with van der Waals surface area (Å²) in [5, 5.41) is 16.5. The van der Waals surface area contributed by atoms with E-state index >= 15 is 0 Å². The predicted molar refractivity (Wildman–Crippen MR) is 46.7 cm³/mol. The molecule has 0 aromatic carbocycles. The molecule has 0 heterocycles. The molecular weight excluding hydrogens is 160 g/mol. The number of hydrogen-bond acceptors (Lipinski definition) is 4. The Balaban J connectivity index is 0. The van der Waals surface area contributed by atoms with E-state index in [1.807, 2.05) is 21.0 Å². The fourth-order valence-corrected chi connectivity index (χ4v) is 0.365. The number of aliphatic carboxylic acids is 1. The van der Waals surface area contributed by atoms with E-state index in [0.717, 1.165) is 6.42 Å². The predicted octanol–water partition coefficient (Wildman–Crippen LogP) is -0.694. The van der Waals surface area contributed by atoms with Crippen LogP contribution in [0.15, 0.2) is 0 Å². The summed E-state index contributed by atoms with van der Waals surface area (Å²) >= 11 is 0. The van der Waals surface area contributed by atoms with E-state index in [-0.39, 0.29) is 12.8 Å². The molecule has 0 fully saturated rings. The van der Waals surface area contributed by atoms with E-state index in [1.54, 1.807) is 4.90 Å². The minimum atomic E-state index is -0.968. The molecule has 12 heavy (non-hydrogen) atoms. The highest BCUT2D eigenvalue weighted by atomic mass is 16.4. The second-order valence-corrected chi connectivity index (χ2v) is 2.45. The average Bonchev–Trinajstić information content (AvgIpc) is 2.04. The van der Waals surface area contributed by atoms with Crippen molar-refractivity contribution in [2.75, 3.05) is 20.6 Å². The highest BCUT2D eigenvalue weighted by molar-refractivity contribution is 5.68. The summed E-state index contributed by atoms with van der Waals surface area (Å²) in [6.45, 7) is 1.67. The summed E-state index contributed by atoms with van der Waals surface area (Å²) in [6, 6.07) is 0. The third-order valence-corrected chi connectivity index (χ3v) is 1.14. The lowest BCUT2D eigenvalue weighted by Gasteiger charge is -2.15. The Bertz CT molecular complexity index is 117. The van der Waals surface area contributed by atoms with Gasteiger partial charge in [0.15, 0.2) is 0 Å². The molecule has 5 nitrogen and oxygen atoms in total. The van der Waals surface area contributed by atoms with Crippen molar-refractivity contribution < 1.29 is 15.0 Å². The maximum absolute atomic E-state index is 9.24. The first-order chi connectivity index (χ1) is 5.45. The van der Waals surface area contributed by atoms with Crippen molar-refractivity contribution in [3.63, 3.8) is 0 Å². The Kier molecular flexibility index (Phi) is 9.79. The van der Waals surface area contributed by atoms with E-state index in [4.69, 9.17) is 10.2 Å². The number of carboxylic acids is 1. The number of rotatable bonds is 3. The zero-order valence-corrected chi connectivity index (χ0v) is 7.82. The van der Waals surface area contributed by atoms with Crippen LogP contribution in [0.4, 0.5) is 0 Å². The number of nitrogens with zero attached hydrogens (tertiary/aromatic N) is 1. The van der Waals surface area contributed by atoms with Crippen molar-refractivity contribution in [1.82, 2.24) is 4.90 Å². The van der Waals surface area contributed by atoms with Crippen LogP contribution in [0.25, 0.3) is 0 Å². The Labute approximate surface area is 72.8 Å². The monoisotopic (exact) mass is 178 g/mol. The molecule has 0 rings (SSSR count). The van der Waals surface area contributed by atoms with Crippen molar-refractivity contribution in [1.29, 1.82) is 0 Å². The van der Waals surface area contributed by atoms with Crippen molar-refractivity contribution in [2.24, 2.45) is 5.73 Å². The van der Waals surface area contributed by atoms with Crippen LogP contribution in [0.5, 0.6) is 0 Å². The average molecular weight is 178 g/mol. The summed E-state index contributed by atoms with van der Waals surface area (Å²) < 4.78 is 0. The minimum Gasteiger partial charge on any atom is -0.480 e. The lowest BCUT2D eigenvalue weighted by atomic mass is 10.4. The van der Waals surface area contributed by atoms with Crippen LogP contribution < -0.4 is 5.73 Å². The lowest BCUT2D eigenvalue weighted by molar-refractivity contribution is -0.135. The molecule has 0 saturated heterocycles. The van der Waals surface area contributed by atoms with E-state index in [0.29, 0.717) is 0 Å². The van der Waals surface area contributed by atoms with Crippen LogP contribution in [0.3, 0.4) is 0 Å². The zero-order valence-electron chi connectivity index (χ0n) is 7.82. The first-order valence-corrected chi connectivity index (χ1v) is 3.72. The van der Waals surface area contributed by atoms with Gasteiger partial charge >= 0.3 is 5.97 Å². The first-order valence-electron chi connectivity index (χ1n) is 3.72. The van der Waals surface area contributed by atoms with Crippen LogP contribution >= 0.6 is 0 Å². The van der Waals surface area contributed by atoms with E-state index < -0.39 is 5.97 Å². The highest BCUT2D eigenvalue weighted by Gasteiger charge is 1.99. The third kappa shape index (κ3) is 12.1. The molecule has 1 unspecified atom stereocenters. The molecule has 0 aliphatic heterocycles. The Hall–Kier alpha value is -0.650. The zero-order chi connectivity index (χ0) is 10.1.